The Hall–Kier alpha value is -4.22. The number of ether oxygens (including phenoxy) is 4. The zero-order valence-electron chi connectivity index (χ0n) is 32.4. The van der Waals surface area contributed by atoms with Gasteiger partial charge < -0.3 is 34.5 Å². The van der Waals surface area contributed by atoms with Crippen LogP contribution in [0.3, 0.4) is 0 Å². The van der Waals surface area contributed by atoms with Gasteiger partial charge in [0.1, 0.15) is 40.7 Å². The smallest absolute Gasteiger partial charge is 0.408 e. The van der Waals surface area contributed by atoms with E-state index in [4.69, 9.17) is 23.1 Å². The molecule has 2 aromatic rings. The maximum Gasteiger partial charge on any atom is 0.408 e. The molecule has 0 bridgehead atoms. The van der Waals surface area contributed by atoms with E-state index < -0.39 is 74.5 Å². The first-order valence-corrected chi connectivity index (χ1v) is 19.5. The summed E-state index contributed by atoms with van der Waals surface area (Å²) < 4.78 is 55.5. The van der Waals surface area contributed by atoms with E-state index in [0.717, 1.165) is 5.39 Å². The van der Waals surface area contributed by atoms with Crippen LogP contribution >= 0.6 is 0 Å². The molecule has 16 nitrogen and oxygen atoms in total. The Balaban J connectivity index is 1.42. The molecule has 1 aromatic carbocycles. The number of benzene rings is 1. The lowest BCUT2D eigenvalue weighted by molar-refractivity contribution is -0.143. The van der Waals surface area contributed by atoms with Gasteiger partial charge in [0.05, 0.1) is 20.3 Å². The molecule has 5 atom stereocenters. The summed E-state index contributed by atoms with van der Waals surface area (Å²) in [6, 6.07) is 4.91. The van der Waals surface area contributed by atoms with Crippen molar-refractivity contribution in [3.05, 3.63) is 30.5 Å². The number of nitrogens with one attached hydrogen (secondary N) is 3. The van der Waals surface area contributed by atoms with Gasteiger partial charge in [0.15, 0.2) is 0 Å². The highest BCUT2D eigenvalue weighted by Gasteiger charge is 2.62. The maximum atomic E-state index is 14.5. The van der Waals surface area contributed by atoms with Gasteiger partial charge in [-0.2, -0.15) is 8.42 Å². The Kier molecular flexibility index (Phi) is 11.5. The normalized spacial score (nSPS) is 23.9. The van der Waals surface area contributed by atoms with Crippen LogP contribution in [0.15, 0.2) is 30.5 Å². The van der Waals surface area contributed by atoms with Gasteiger partial charge in [-0.1, -0.05) is 34.1 Å². The Bertz CT molecular complexity index is 1870. The van der Waals surface area contributed by atoms with Crippen molar-refractivity contribution in [3.8, 4) is 11.6 Å². The Morgan fingerprint density at radius 3 is 2.33 bits per heavy atom. The molecule has 1 saturated heterocycles. The molecular formula is C37H53N5O11S. The van der Waals surface area contributed by atoms with Crippen LogP contribution < -0.4 is 24.8 Å². The molecular weight excluding hydrogens is 722 g/mol. The van der Waals surface area contributed by atoms with Crippen LogP contribution in [0.1, 0.15) is 80.6 Å². The molecule has 298 valence electrons. The van der Waals surface area contributed by atoms with E-state index in [2.05, 4.69) is 15.6 Å². The predicted octanol–water partition coefficient (Wildman–Crippen LogP) is 3.37. The number of hydrogen-bond acceptors (Lipinski definition) is 12. The summed E-state index contributed by atoms with van der Waals surface area (Å²) in [6.07, 6.45) is 1.58. The van der Waals surface area contributed by atoms with Crippen molar-refractivity contribution in [2.24, 2.45) is 11.3 Å². The summed E-state index contributed by atoms with van der Waals surface area (Å²) in [7, 11) is -1.56. The number of fused-ring (bicyclic) bond motifs is 1. The molecule has 17 heteroatoms. The van der Waals surface area contributed by atoms with Crippen molar-refractivity contribution >= 4 is 44.9 Å². The Morgan fingerprint density at radius 2 is 1.76 bits per heavy atom. The topological polar surface area (TPSA) is 201 Å². The molecule has 0 spiro atoms. The van der Waals surface area contributed by atoms with Crippen molar-refractivity contribution in [2.75, 3.05) is 27.4 Å². The fourth-order valence-electron chi connectivity index (χ4n) is 6.85. The van der Waals surface area contributed by atoms with E-state index in [0.29, 0.717) is 30.4 Å². The van der Waals surface area contributed by atoms with E-state index in [-0.39, 0.29) is 37.8 Å². The van der Waals surface area contributed by atoms with Crippen LogP contribution in [0.4, 0.5) is 4.79 Å². The molecule has 3 aliphatic rings. The monoisotopic (exact) mass is 775 g/mol. The van der Waals surface area contributed by atoms with E-state index >= 15 is 0 Å². The molecule has 2 aliphatic carbocycles. The molecule has 0 unspecified atom stereocenters. The highest BCUT2D eigenvalue weighted by atomic mass is 32.2. The first-order chi connectivity index (χ1) is 25.1. The summed E-state index contributed by atoms with van der Waals surface area (Å²) in [5.74, 6) is -1.64. The lowest BCUT2D eigenvalue weighted by Gasteiger charge is -2.36. The second-order valence-electron chi connectivity index (χ2n) is 16.5. The number of likely N-dealkylation sites (tertiary alicyclic amines) is 1. The van der Waals surface area contributed by atoms with Crippen LogP contribution in [0.25, 0.3) is 10.8 Å². The minimum Gasteiger partial charge on any atom is -0.497 e. The van der Waals surface area contributed by atoms with E-state index in [1.807, 2.05) is 17.7 Å². The molecule has 2 saturated carbocycles. The Morgan fingerprint density at radius 1 is 1.06 bits per heavy atom. The molecule has 1 aromatic heterocycles. The minimum absolute atomic E-state index is 0.00450. The van der Waals surface area contributed by atoms with Gasteiger partial charge >= 0.3 is 16.4 Å². The zero-order valence-corrected chi connectivity index (χ0v) is 33.3. The number of pyridine rings is 1. The van der Waals surface area contributed by atoms with Gasteiger partial charge in [-0.3, -0.25) is 14.4 Å². The molecule has 54 heavy (non-hydrogen) atoms. The second-order valence-corrected chi connectivity index (χ2v) is 17.8. The van der Waals surface area contributed by atoms with E-state index in [9.17, 15) is 27.6 Å². The molecule has 3 fully saturated rings. The number of hydrogen-bond donors (Lipinski definition) is 3. The van der Waals surface area contributed by atoms with Gasteiger partial charge in [0.2, 0.25) is 17.7 Å². The van der Waals surface area contributed by atoms with Crippen molar-refractivity contribution in [3.63, 3.8) is 0 Å². The summed E-state index contributed by atoms with van der Waals surface area (Å²) in [5.41, 5.74) is -4.27. The average molecular weight is 776 g/mol. The quantitative estimate of drug-likeness (QED) is 0.253. The molecule has 4 amide bonds. The fraction of sp³-hybridized carbons (Fsp3) is 0.649. The molecule has 5 rings (SSSR count). The largest absolute Gasteiger partial charge is 0.497 e. The number of rotatable bonds is 14. The first kappa shape index (κ1) is 41.0. The number of methoxy groups -OCH3 is 2. The van der Waals surface area contributed by atoms with E-state index in [1.54, 1.807) is 73.0 Å². The number of aromatic nitrogens is 1. The summed E-state index contributed by atoms with van der Waals surface area (Å²) in [4.78, 5) is 61.3. The van der Waals surface area contributed by atoms with Gasteiger partial charge in [0.25, 0.3) is 5.91 Å². The van der Waals surface area contributed by atoms with Crippen molar-refractivity contribution in [1.29, 1.82) is 0 Å². The predicted molar refractivity (Wildman–Crippen MR) is 197 cm³/mol. The van der Waals surface area contributed by atoms with E-state index in [1.165, 1.54) is 12.0 Å². The van der Waals surface area contributed by atoms with Crippen LogP contribution in [0, 0.1) is 11.3 Å². The minimum atomic E-state index is -4.55. The molecule has 3 N–H and O–H groups in total. The number of nitrogens with zero attached hydrogens (tertiary/aromatic N) is 2. The third kappa shape index (κ3) is 9.34. The van der Waals surface area contributed by atoms with Crippen LogP contribution in [-0.2, 0) is 38.3 Å². The van der Waals surface area contributed by atoms with Crippen LogP contribution in [0.2, 0.25) is 0 Å². The highest BCUT2D eigenvalue weighted by Crippen LogP contribution is 2.47. The number of carbonyl (C=O) groups excluding carboxylic acids is 4. The van der Waals surface area contributed by atoms with Crippen molar-refractivity contribution in [1.82, 2.24) is 25.2 Å². The average Bonchev–Trinajstić information content (AvgIpc) is 3.95. The summed E-state index contributed by atoms with van der Waals surface area (Å²) >= 11 is 0. The number of carbonyl (C=O) groups is 4. The third-order valence-electron chi connectivity index (χ3n) is 9.90. The summed E-state index contributed by atoms with van der Waals surface area (Å²) in [5, 5.41) is 7.00. The van der Waals surface area contributed by atoms with Gasteiger partial charge in [-0.05, 0) is 81.0 Å². The molecule has 2 heterocycles. The molecule has 1 aliphatic heterocycles. The SMILES string of the molecule is CC[C@@H]1C[C@]1(NC(=O)[C@@H]1C[C@@H](Oc2nccc3cc(OC)ccc23)CN1C(=O)[C@@H](NC(=O)OC(C)(C)C)C(C)(C)C)C(=O)NS(=O)(=O)OC1(COC)CC1. The second kappa shape index (κ2) is 15.1. The van der Waals surface area contributed by atoms with Crippen LogP contribution in [-0.4, -0.2) is 104 Å². The summed E-state index contributed by atoms with van der Waals surface area (Å²) in [6.45, 7) is 12.2. The maximum absolute atomic E-state index is 14.5. The number of amides is 4. The van der Waals surface area contributed by atoms with Crippen molar-refractivity contribution < 1.29 is 50.7 Å². The van der Waals surface area contributed by atoms with Gasteiger partial charge in [0, 0.05) is 25.1 Å². The molecule has 0 radical (unpaired) electrons. The standard InChI is InChI=1S/C37H53N5O11S/c1-10-23-19-37(23,32(45)41-54(47,48)53-36(14-15-36)21-49-8)40-29(43)27-18-25(51-30-26-12-11-24(50-9)17-22(26)13-16-38-30)20-42(27)31(44)28(34(2,3)4)39-33(46)52-35(5,6)7/h11-13,16-17,23,25,27-28H,10,14-15,18-21H2,1-9H3,(H,39,46)(H,40,43)(H,41,45)/t23-,25-,27+,28-,37-/m1/s1. The zero-order chi connectivity index (χ0) is 39.9. The van der Waals surface area contributed by atoms with Crippen molar-refractivity contribution in [2.45, 2.75) is 115 Å². The van der Waals surface area contributed by atoms with Crippen LogP contribution in [0.5, 0.6) is 11.6 Å². The van der Waals surface area contributed by atoms with Gasteiger partial charge in [-0.25, -0.2) is 18.7 Å². The lowest BCUT2D eigenvalue weighted by atomic mass is 9.85. The first-order valence-electron chi connectivity index (χ1n) is 18.1. The third-order valence-corrected chi connectivity index (χ3v) is 10.9. The number of alkyl carbamates (subject to hydrolysis) is 1. The fourth-order valence-corrected chi connectivity index (χ4v) is 7.98. The lowest BCUT2D eigenvalue weighted by Crippen LogP contribution is -2.60. The van der Waals surface area contributed by atoms with Gasteiger partial charge in [-0.15, -0.1) is 0 Å². The highest BCUT2D eigenvalue weighted by molar-refractivity contribution is 7.85. The Labute approximate surface area is 316 Å².